The van der Waals surface area contributed by atoms with Crippen LogP contribution < -0.4 is 5.73 Å². The monoisotopic (exact) mass is 306 g/mol. The smallest absolute Gasteiger partial charge is 0.232 e. The van der Waals surface area contributed by atoms with Gasteiger partial charge >= 0.3 is 0 Å². The van der Waals surface area contributed by atoms with Crippen LogP contribution in [0.4, 0.5) is 0 Å². The van der Waals surface area contributed by atoms with Crippen molar-refractivity contribution in [3.05, 3.63) is 25.3 Å². The largest absolute Gasteiger partial charge is 0.328 e. The molecule has 0 aromatic heterocycles. The summed E-state index contributed by atoms with van der Waals surface area (Å²) in [6.45, 7) is 11.1. The number of nitrogens with two attached hydrogens (primary N) is 1. The molecule has 1 saturated carbocycles. The van der Waals surface area contributed by atoms with Crippen LogP contribution in [0.15, 0.2) is 25.3 Å². The number of rotatable bonds is 7. The minimum Gasteiger partial charge on any atom is -0.328 e. The number of hydrogen-bond donors (Lipinski definition) is 1. The fraction of sp³-hybridized carbons (Fsp3) is 0.667. The molecule has 1 aliphatic rings. The highest BCUT2D eigenvalue weighted by molar-refractivity contribution is 5.97. The summed E-state index contributed by atoms with van der Waals surface area (Å²) < 4.78 is 0. The average Bonchev–Trinajstić information content (AvgIpc) is 2.49. The molecule has 4 nitrogen and oxygen atoms in total. The summed E-state index contributed by atoms with van der Waals surface area (Å²) in [6.07, 6.45) is 7.99. The van der Waals surface area contributed by atoms with Crippen molar-refractivity contribution >= 4 is 11.8 Å². The van der Waals surface area contributed by atoms with Crippen molar-refractivity contribution in [1.29, 1.82) is 0 Å². The zero-order chi connectivity index (χ0) is 16.7. The van der Waals surface area contributed by atoms with Gasteiger partial charge in [-0.2, -0.15) is 0 Å². The molecule has 1 rings (SSSR count). The third-order valence-corrected chi connectivity index (χ3v) is 4.46. The number of allylic oxidation sites excluding steroid dienone is 2. The van der Waals surface area contributed by atoms with E-state index in [2.05, 4.69) is 13.2 Å². The molecule has 4 heteroatoms. The van der Waals surface area contributed by atoms with Gasteiger partial charge in [-0.1, -0.05) is 26.0 Å². The van der Waals surface area contributed by atoms with Crippen LogP contribution in [0.2, 0.25) is 0 Å². The Labute approximate surface area is 134 Å². The van der Waals surface area contributed by atoms with Crippen LogP contribution in [0, 0.1) is 11.8 Å². The molecule has 124 valence electrons. The molecule has 0 bridgehead atoms. The Morgan fingerprint density at radius 2 is 1.45 bits per heavy atom. The van der Waals surface area contributed by atoms with Crippen LogP contribution in [0.5, 0.6) is 0 Å². The van der Waals surface area contributed by atoms with Crippen LogP contribution in [-0.2, 0) is 9.59 Å². The predicted molar refractivity (Wildman–Crippen MR) is 90.0 cm³/mol. The molecule has 0 radical (unpaired) electrons. The molecule has 22 heavy (non-hydrogen) atoms. The highest BCUT2D eigenvalue weighted by Gasteiger charge is 2.35. The van der Waals surface area contributed by atoms with Crippen LogP contribution >= 0.6 is 0 Å². The van der Waals surface area contributed by atoms with Crippen molar-refractivity contribution < 1.29 is 9.59 Å². The lowest BCUT2D eigenvalue weighted by molar-refractivity contribution is -0.153. The van der Waals surface area contributed by atoms with Gasteiger partial charge in [0.2, 0.25) is 11.8 Å². The first kappa shape index (κ1) is 18.6. The van der Waals surface area contributed by atoms with Gasteiger partial charge in [0.05, 0.1) is 0 Å². The van der Waals surface area contributed by atoms with E-state index in [0.29, 0.717) is 12.8 Å². The van der Waals surface area contributed by atoms with Crippen LogP contribution in [-0.4, -0.2) is 28.8 Å². The van der Waals surface area contributed by atoms with Crippen LogP contribution in [0.25, 0.3) is 0 Å². The Hall–Kier alpha value is -1.42. The maximum Gasteiger partial charge on any atom is 0.232 e. The van der Waals surface area contributed by atoms with Gasteiger partial charge in [0.25, 0.3) is 0 Å². The number of carbonyl (C=O) groups is 2. The topological polar surface area (TPSA) is 63.4 Å². The molecule has 2 N–H and O–H groups in total. The number of amides is 2. The molecule has 2 amide bonds. The van der Waals surface area contributed by atoms with Gasteiger partial charge < -0.3 is 5.73 Å². The minimum absolute atomic E-state index is 0.0145. The summed E-state index contributed by atoms with van der Waals surface area (Å²) >= 11 is 0. The molecule has 0 aromatic rings. The highest BCUT2D eigenvalue weighted by atomic mass is 16.2. The van der Waals surface area contributed by atoms with Gasteiger partial charge in [-0.25, -0.2) is 0 Å². The second kappa shape index (κ2) is 8.89. The summed E-state index contributed by atoms with van der Waals surface area (Å²) in [7, 11) is 0. The Bertz CT molecular complexity index is 383. The third-order valence-electron chi connectivity index (χ3n) is 4.46. The normalized spacial score (nSPS) is 24.1. The Balaban J connectivity index is 2.93. The van der Waals surface area contributed by atoms with Crippen LogP contribution in [0.3, 0.4) is 0 Å². The van der Waals surface area contributed by atoms with Crippen molar-refractivity contribution in [2.45, 2.75) is 64.5 Å². The Morgan fingerprint density at radius 1 is 1.05 bits per heavy atom. The van der Waals surface area contributed by atoms with E-state index < -0.39 is 0 Å². The van der Waals surface area contributed by atoms with E-state index in [1.165, 1.54) is 4.90 Å². The number of carbonyl (C=O) groups excluding carboxylic acids is 2. The molecule has 0 heterocycles. The summed E-state index contributed by atoms with van der Waals surface area (Å²) in [5.41, 5.74) is 5.95. The van der Waals surface area contributed by atoms with Gasteiger partial charge in [-0.05, 0) is 38.5 Å². The van der Waals surface area contributed by atoms with E-state index in [9.17, 15) is 9.59 Å². The van der Waals surface area contributed by atoms with E-state index in [1.807, 2.05) is 13.8 Å². The van der Waals surface area contributed by atoms with Gasteiger partial charge in [0, 0.05) is 23.9 Å². The van der Waals surface area contributed by atoms with Crippen molar-refractivity contribution in [3.8, 4) is 0 Å². The van der Waals surface area contributed by atoms with E-state index >= 15 is 0 Å². The lowest BCUT2D eigenvalue weighted by Crippen LogP contribution is -2.51. The highest BCUT2D eigenvalue weighted by Crippen LogP contribution is 2.26. The van der Waals surface area contributed by atoms with E-state index in [4.69, 9.17) is 5.73 Å². The quantitative estimate of drug-likeness (QED) is 0.735. The Kier molecular flexibility index (Phi) is 7.52. The van der Waals surface area contributed by atoms with Crippen LogP contribution in [0.1, 0.15) is 52.4 Å². The van der Waals surface area contributed by atoms with E-state index in [1.54, 1.807) is 12.2 Å². The third kappa shape index (κ3) is 4.80. The lowest BCUT2D eigenvalue weighted by atomic mass is 9.89. The molecule has 0 aromatic carbocycles. The Morgan fingerprint density at radius 3 is 1.82 bits per heavy atom. The van der Waals surface area contributed by atoms with Crippen molar-refractivity contribution in [1.82, 2.24) is 4.90 Å². The molecular weight excluding hydrogens is 276 g/mol. The fourth-order valence-electron chi connectivity index (χ4n) is 3.00. The zero-order valence-corrected chi connectivity index (χ0v) is 14.0. The zero-order valence-electron chi connectivity index (χ0n) is 14.0. The summed E-state index contributed by atoms with van der Waals surface area (Å²) in [4.78, 5) is 27.1. The molecule has 2 atom stereocenters. The van der Waals surface area contributed by atoms with E-state index in [0.717, 1.165) is 25.7 Å². The average molecular weight is 306 g/mol. The van der Waals surface area contributed by atoms with Gasteiger partial charge in [-0.15, -0.1) is 13.2 Å². The number of nitrogens with zero attached hydrogens (tertiary/aromatic N) is 1. The second-order valence-corrected chi connectivity index (χ2v) is 6.47. The van der Waals surface area contributed by atoms with Crippen molar-refractivity contribution in [2.75, 3.05) is 0 Å². The molecule has 0 saturated heterocycles. The molecular formula is C18H30N2O2. The SMILES string of the molecule is C=CCC(C)C(=O)N(C(=O)C(C)CC=C)C1CCC(N)CC1. The molecule has 0 aliphatic heterocycles. The lowest BCUT2D eigenvalue weighted by Gasteiger charge is -2.37. The standard InChI is InChI=1S/C18H30N2O2/c1-5-7-13(3)17(21)20(18(22)14(4)8-6-2)16-11-9-15(19)10-12-16/h5-6,13-16H,1-2,7-12,19H2,3-4H3. The first-order chi connectivity index (χ1) is 10.4. The minimum atomic E-state index is -0.215. The fourth-order valence-corrected chi connectivity index (χ4v) is 3.00. The van der Waals surface area contributed by atoms with Gasteiger partial charge in [0.1, 0.15) is 0 Å². The summed E-state index contributed by atoms with van der Waals surface area (Å²) in [5, 5.41) is 0. The summed E-state index contributed by atoms with van der Waals surface area (Å²) in [5.74, 6) is -0.594. The van der Waals surface area contributed by atoms with Crippen molar-refractivity contribution in [3.63, 3.8) is 0 Å². The van der Waals surface area contributed by atoms with Gasteiger partial charge in [-0.3, -0.25) is 14.5 Å². The predicted octanol–water partition coefficient (Wildman–Crippen LogP) is 3.04. The molecule has 1 fully saturated rings. The number of hydrogen-bond acceptors (Lipinski definition) is 3. The maximum absolute atomic E-state index is 12.8. The number of imide groups is 1. The molecule has 2 unspecified atom stereocenters. The summed E-state index contributed by atoms with van der Waals surface area (Å²) in [6, 6.07) is 0.179. The van der Waals surface area contributed by atoms with Crippen molar-refractivity contribution in [2.24, 2.45) is 17.6 Å². The first-order valence-corrected chi connectivity index (χ1v) is 8.26. The first-order valence-electron chi connectivity index (χ1n) is 8.26. The van der Waals surface area contributed by atoms with Gasteiger partial charge in [0.15, 0.2) is 0 Å². The second-order valence-electron chi connectivity index (χ2n) is 6.47. The van der Waals surface area contributed by atoms with E-state index in [-0.39, 0.29) is 35.7 Å². The molecule has 0 spiro atoms. The molecule has 1 aliphatic carbocycles. The maximum atomic E-state index is 12.8.